The van der Waals surface area contributed by atoms with Gasteiger partial charge >= 0.3 is 0 Å². The summed E-state index contributed by atoms with van der Waals surface area (Å²) in [6, 6.07) is 3.61. The molecular formula is C6H7Cl2NO2Se. The fourth-order valence-corrected chi connectivity index (χ4v) is 0.474. The van der Waals surface area contributed by atoms with Crippen molar-refractivity contribution in [2.45, 2.75) is 0 Å². The summed E-state index contributed by atoms with van der Waals surface area (Å²) in [5, 5.41) is 0. The minimum atomic E-state index is 0. The summed E-state index contributed by atoms with van der Waals surface area (Å²) in [5.41, 5.74) is 0. The first-order valence-electron chi connectivity index (χ1n) is 2.68. The molecule has 1 heterocycles. The van der Waals surface area contributed by atoms with Gasteiger partial charge in [-0.2, -0.15) is 3.84 Å². The van der Waals surface area contributed by atoms with Crippen LogP contribution in [0.5, 0.6) is 5.75 Å². The van der Waals surface area contributed by atoms with Crippen molar-refractivity contribution in [3.05, 3.63) is 24.5 Å². The van der Waals surface area contributed by atoms with E-state index < -0.39 is 0 Å². The van der Waals surface area contributed by atoms with Gasteiger partial charge in [0.1, 0.15) is 5.75 Å². The molecule has 0 aromatic carbocycles. The fourth-order valence-electron chi connectivity index (χ4n) is 0.474. The van der Waals surface area contributed by atoms with Crippen molar-refractivity contribution in [3.63, 3.8) is 0 Å². The molecule has 3 nitrogen and oxygen atoms in total. The second-order valence-electron chi connectivity index (χ2n) is 1.45. The predicted molar refractivity (Wildman–Crippen MR) is 49.3 cm³/mol. The molecule has 1 rings (SSSR count). The predicted octanol–water partition coefficient (Wildman–Crippen LogP) is 2.02. The standard InChI is InChI=1S/C6H7NO.Cl2O.Se/c1-8-6-2-4-7-5-3-6;1-3-2;/h2-5H,1H3;;. The molecule has 0 N–H and O–H groups in total. The van der Waals surface area contributed by atoms with Crippen LogP contribution in [0.2, 0.25) is 0 Å². The van der Waals surface area contributed by atoms with Crippen molar-refractivity contribution in [3.8, 4) is 5.75 Å². The van der Waals surface area contributed by atoms with Crippen molar-refractivity contribution < 1.29 is 8.58 Å². The Morgan fingerprint density at radius 3 is 1.92 bits per heavy atom. The zero-order chi connectivity index (χ0) is 8.53. The van der Waals surface area contributed by atoms with Gasteiger partial charge in [-0.1, -0.05) is 0 Å². The molecule has 0 spiro atoms. The third kappa shape index (κ3) is 8.11. The van der Waals surface area contributed by atoms with Crippen molar-refractivity contribution >= 4 is 40.8 Å². The van der Waals surface area contributed by atoms with Crippen LogP contribution in [-0.4, -0.2) is 29.2 Å². The van der Waals surface area contributed by atoms with E-state index in [2.05, 4.69) is 32.6 Å². The Hall–Kier alpha value is 0.00948. The van der Waals surface area contributed by atoms with E-state index in [1.165, 1.54) is 0 Å². The number of rotatable bonds is 1. The van der Waals surface area contributed by atoms with Gasteiger partial charge in [-0.25, -0.2) is 0 Å². The number of aromatic nitrogens is 1. The van der Waals surface area contributed by atoms with Gasteiger partial charge in [0, 0.05) is 29.5 Å². The summed E-state index contributed by atoms with van der Waals surface area (Å²) in [4.78, 5) is 3.81. The normalized spacial score (nSPS) is 7.25. The Morgan fingerprint density at radius 2 is 1.67 bits per heavy atom. The molecule has 0 bridgehead atoms. The van der Waals surface area contributed by atoms with Crippen LogP contribution in [0.4, 0.5) is 0 Å². The van der Waals surface area contributed by atoms with Gasteiger partial charge in [-0.15, -0.1) is 0 Å². The van der Waals surface area contributed by atoms with E-state index in [-0.39, 0.29) is 17.1 Å². The van der Waals surface area contributed by atoms with Crippen LogP contribution >= 0.6 is 23.7 Å². The first-order chi connectivity index (χ1) is 5.35. The van der Waals surface area contributed by atoms with Gasteiger partial charge in [0.15, 0.2) is 0 Å². The smallest absolute Gasteiger partial charge is 0.121 e. The van der Waals surface area contributed by atoms with E-state index in [0.29, 0.717) is 0 Å². The third-order valence-corrected chi connectivity index (χ3v) is 0.885. The Labute approximate surface area is 91.8 Å². The molecule has 0 atom stereocenters. The van der Waals surface area contributed by atoms with Crippen molar-refractivity contribution in [2.24, 2.45) is 0 Å². The molecule has 6 heteroatoms. The topological polar surface area (TPSA) is 31.4 Å². The molecule has 0 aliphatic heterocycles. The van der Waals surface area contributed by atoms with E-state index in [9.17, 15) is 0 Å². The monoisotopic (exact) mass is 275 g/mol. The molecule has 0 saturated carbocycles. The van der Waals surface area contributed by atoms with Gasteiger partial charge in [-0.3, -0.25) is 4.98 Å². The Bertz CT molecular complexity index is 176. The Kier molecular flexibility index (Phi) is 13.3. The molecule has 0 aliphatic rings. The molecule has 0 fully saturated rings. The van der Waals surface area contributed by atoms with E-state index >= 15 is 0 Å². The van der Waals surface area contributed by atoms with Crippen LogP contribution in [0, 0.1) is 0 Å². The van der Waals surface area contributed by atoms with Gasteiger partial charge in [-0.05, 0) is 12.1 Å². The number of halogens is 2. The van der Waals surface area contributed by atoms with Crippen LogP contribution in [0.25, 0.3) is 0 Å². The second kappa shape index (κ2) is 11.0. The van der Waals surface area contributed by atoms with Crippen LogP contribution in [-0.2, 0) is 3.84 Å². The Morgan fingerprint density at radius 1 is 1.25 bits per heavy atom. The maximum atomic E-state index is 4.87. The van der Waals surface area contributed by atoms with Crippen molar-refractivity contribution in [1.82, 2.24) is 4.98 Å². The SMILES string of the molecule is COc1ccncc1.ClOCl.[Se]. The molecule has 0 amide bonds. The summed E-state index contributed by atoms with van der Waals surface area (Å²) < 4.78 is 8.07. The molecule has 0 aliphatic carbocycles. The average molecular weight is 275 g/mol. The van der Waals surface area contributed by atoms with E-state index in [4.69, 9.17) is 4.74 Å². The summed E-state index contributed by atoms with van der Waals surface area (Å²) >= 11 is 8.53. The van der Waals surface area contributed by atoms with E-state index in [0.717, 1.165) is 5.75 Å². The summed E-state index contributed by atoms with van der Waals surface area (Å²) in [6.45, 7) is 0. The second-order valence-corrected chi connectivity index (χ2v) is 1.91. The van der Waals surface area contributed by atoms with Crippen molar-refractivity contribution in [1.29, 1.82) is 0 Å². The molecular weight excluding hydrogens is 268 g/mol. The van der Waals surface area contributed by atoms with Crippen LogP contribution in [0.1, 0.15) is 0 Å². The maximum Gasteiger partial charge on any atom is 0.121 e. The fraction of sp³-hybridized carbons (Fsp3) is 0.167. The minimum Gasteiger partial charge on any atom is -0.497 e. The van der Waals surface area contributed by atoms with E-state index in [1.54, 1.807) is 31.6 Å². The number of hydrogen-bond acceptors (Lipinski definition) is 3. The summed E-state index contributed by atoms with van der Waals surface area (Å²) in [6.07, 6.45) is 3.39. The van der Waals surface area contributed by atoms with Crippen LogP contribution in [0.3, 0.4) is 0 Å². The third-order valence-electron chi connectivity index (χ3n) is 0.885. The summed E-state index contributed by atoms with van der Waals surface area (Å²) in [5.74, 6) is 0.847. The van der Waals surface area contributed by atoms with Gasteiger partial charge in [0.05, 0.1) is 30.8 Å². The number of nitrogens with zero attached hydrogens (tertiary/aromatic N) is 1. The largest absolute Gasteiger partial charge is 0.497 e. The van der Waals surface area contributed by atoms with Crippen LogP contribution in [0.15, 0.2) is 24.5 Å². The first-order valence-corrected chi connectivity index (χ1v) is 3.30. The maximum absolute atomic E-state index is 4.87. The Balaban J connectivity index is 0. The molecule has 68 valence electrons. The zero-order valence-corrected chi connectivity index (χ0v) is 9.46. The van der Waals surface area contributed by atoms with Crippen LogP contribution < -0.4 is 4.74 Å². The van der Waals surface area contributed by atoms with Gasteiger partial charge in [0.2, 0.25) is 0 Å². The zero-order valence-electron chi connectivity index (χ0n) is 6.24. The number of methoxy groups -OCH3 is 1. The molecule has 0 unspecified atom stereocenters. The first kappa shape index (κ1) is 14.5. The van der Waals surface area contributed by atoms with Crippen molar-refractivity contribution in [2.75, 3.05) is 7.11 Å². The summed E-state index contributed by atoms with van der Waals surface area (Å²) in [7, 11) is 1.63. The molecule has 1 aromatic heterocycles. The van der Waals surface area contributed by atoms with Gasteiger partial charge < -0.3 is 4.74 Å². The number of ether oxygens (including phenoxy) is 1. The molecule has 12 heavy (non-hydrogen) atoms. The average Bonchev–Trinajstić information content (AvgIpc) is 2.08. The minimum absolute atomic E-state index is 0. The number of pyridine rings is 1. The van der Waals surface area contributed by atoms with E-state index in [1.807, 2.05) is 0 Å². The molecule has 0 saturated heterocycles. The molecule has 2 radical (unpaired) electrons. The number of hydrogen-bond donors (Lipinski definition) is 0. The molecule has 1 aromatic rings. The van der Waals surface area contributed by atoms with Gasteiger partial charge in [0.25, 0.3) is 0 Å². The quantitative estimate of drug-likeness (QED) is 0.735.